The van der Waals surface area contributed by atoms with Gasteiger partial charge in [0.25, 0.3) is 0 Å². The predicted molar refractivity (Wildman–Crippen MR) is 113 cm³/mol. The highest BCUT2D eigenvalue weighted by Gasteiger charge is 2.32. The first-order valence-corrected chi connectivity index (χ1v) is 10.2. The second-order valence-corrected chi connectivity index (χ2v) is 8.03. The number of piperidine rings is 1. The maximum atomic E-state index is 11.9. The normalized spacial score (nSPS) is 14.7. The van der Waals surface area contributed by atoms with Gasteiger partial charge < -0.3 is 15.0 Å². The molecule has 11 heteroatoms. The van der Waals surface area contributed by atoms with Gasteiger partial charge in [0.1, 0.15) is 6.33 Å². The Morgan fingerprint density at radius 1 is 1.33 bits per heavy atom. The van der Waals surface area contributed by atoms with Gasteiger partial charge in [-0.15, -0.1) is 0 Å². The first-order valence-electron chi connectivity index (χ1n) is 9.43. The molecule has 1 N–H and O–H groups in total. The molecule has 1 aliphatic heterocycles. The molecule has 0 spiro atoms. The van der Waals surface area contributed by atoms with E-state index in [1.807, 2.05) is 30.0 Å². The van der Waals surface area contributed by atoms with E-state index in [1.165, 1.54) is 24.8 Å². The van der Waals surface area contributed by atoms with E-state index < -0.39 is 4.92 Å². The summed E-state index contributed by atoms with van der Waals surface area (Å²) in [7, 11) is 1.37. The van der Waals surface area contributed by atoms with Crippen LogP contribution < -0.4 is 10.2 Å². The topological polar surface area (TPSA) is 123 Å². The van der Waals surface area contributed by atoms with Gasteiger partial charge in [-0.3, -0.25) is 14.9 Å². The first-order chi connectivity index (χ1) is 14.5. The third-order valence-electron chi connectivity index (χ3n) is 5.16. The van der Waals surface area contributed by atoms with Gasteiger partial charge in [-0.2, -0.15) is 0 Å². The van der Waals surface area contributed by atoms with Crippen molar-refractivity contribution in [3.05, 3.63) is 40.2 Å². The van der Waals surface area contributed by atoms with Crippen molar-refractivity contribution >= 4 is 50.0 Å². The lowest BCUT2D eigenvalue weighted by Crippen LogP contribution is -2.37. The summed E-state index contributed by atoms with van der Waals surface area (Å²) in [5, 5.41) is 15.4. The Kier molecular flexibility index (Phi) is 5.44. The Morgan fingerprint density at radius 3 is 2.77 bits per heavy atom. The smallest absolute Gasteiger partial charge is 0.353 e. The number of para-hydroxylation sites is 1. The molecule has 0 atom stereocenters. The summed E-state index contributed by atoms with van der Waals surface area (Å²) >= 11 is 1.40. The van der Waals surface area contributed by atoms with Gasteiger partial charge in [0.05, 0.1) is 28.2 Å². The van der Waals surface area contributed by atoms with Crippen LogP contribution in [0.5, 0.6) is 0 Å². The van der Waals surface area contributed by atoms with Crippen molar-refractivity contribution in [3.8, 4) is 0 Å². The second-order valence-electron chi connectivity index (χ2n) is 7.00. The van der Waals surface area contributed by atoms with Gasteiger partial charge in [0.2, 0.25) is 11.6 Å². The lowest BCUT2D eigenvalue weighted by Gasteiger charge is -2.31. The SMILES string of the molecule is COC(=O)C1CCN(c2ncnc(Nc3nc4c(C)cccc4s3)c2[N+](=O)[O-])CC1. The highest BCUT2D eigenvalue weighted by molar-refractivity contribution is 7.22. The number of thiazole rings is 1. The summed E-state index contributed by atoms with van der Waals surface area (Å²) in [5.74, 6) is -0.119. The number of carbonyl (C=O) groups excluding carboxylic acids is 1. The Hall–Kier alpha value is -3.34. The summed E-state index contributed by atoms with van der Waals surface area (Å²) in [4.78, 5) is 37.8. The van der Waals surface area contributed by atoms with Gasteiger partial charge >= 0.3 is 11.7 Å². The average molecular weight is 428 g/mol. The lowest BCUT2D eigenvalue weighted by atomic mass is 9.97. The van der Waals surface area contributed by atoms with Crippen LogP contribution in [0.4, 0.5) is 22.5 Å². The minimum Gasteiger partial charge on any atom is -0.469 e. The molecule has 0 saturated carbocycles. The van der Waals surface area contributed by atoms with Crippen LogP contribution in [0.2, 0.25) is 0 Å². The van der Waals surface area contributed by atoms with Crippen molar-refractivity contribution in [1.29, 1.82) is 0 Å². The molecule has 0 bridgehead atoms. The summed E-state index contributed by atoms with van der Waals surface area (Å²) < 4.78 is 5.79. The van der Waals surface area contributed by atoms with Crippen LogP contribution in [0.3, 0.4) is 0 Å². The molecule has 0 radical (unpaired) electrons. The molecule has 3 aromatic rings. The number of aryl methyl sites for hydroxylation is 1. The third kappa shape index (κ3) is 3.75. The Balaban J connectivity index is 1.62. The van der Waals surface area contributed by atoms with E-state index in [-0.39, 0.29) is 29.2 Å². The Bertz CT molecular complexity index is 1110. The Labute approximate surface area is 176 Å². The Morgan fingerprint density at radius 2 is 2.10 bits per heavy atom. The van der Waals surface area contributed by atoms with Crippen molar-refractivity contribution in [2.45, 2.75) is 19.8 Å². The maximum absolute atomic E-state index is 11.9. The summed E-state index contributed by atoms with van der Waals surface area (Å²) in [6, 6.07) is 5.87. The zero-order chi connectivity index (χ0) is 21.3. The number of hydrogen-bond donors (Lipinski definition) is 1. The van der Waals surface area contributed by atoms with Crippen molar-refractivity contribution in [1.82, 2.24) is 15.0 Å². The van der Waals surface area contributed by atoms with Crippen LogP contribution in [-0.2, 0) is 9.53 Å². The molecule has 3 heterocycles. The van der Waals surface area contributed by atoms with Crippen LogP contribution in [0.25, 0.3) is 10.2 Å². The van der Waals surface area contributed by atoms with Gasteiger partial charge in [0, 0.05) is 13.1 Å². The van der Waals surface area contributed by atoms with E-state index in [4.69, 9.17) is 4.74 Å². The van der Waals surface area contributed by atoms with E-state index in [2.05, 4.69) is 20.3 Å². The molecule has 10 nitrogen and oxygen atoms in total. The van der Waals surface area contributed by atoms with Crippen molar-refractivity contribution in [3.63, 3.8) is 0 Å². The zero-order valence-electron chi connectivity index (χ0n) is 16.5. The fourth-order valence-electron chi connectivity index (χ4n) is 3.60. The summed E-state index contributed by atoms with van der Waals surface area (Å²) in [5.41, 5.74) is 1.68. The molecule has 1 fully saturated rings. The number of nitro groups is 1. The molecule has 1 saturated heterocycles. The van der Waals surface area contributed by atoms with E-state index in [0.717, 1.165) is 15.8 Å². The number of anilines is 3. The van der Waals surface area contributed by atoms with E-state index in [0.29, 0.717) is 31.1 Å². The highest BCUT2D eigenvalue weighted by Crippen LogP contribution is 2.37. The number of aromatic nitrogens is 3. The number of fused-ring (bicyclic) bond motifs is 1. The zero-order valence-corrected chi connectivity index (χ0v) is 17.3. The largest absolute Gasteiger partial charge is 0.469 e. The number of esters is 1. The third-order valence-corrected chi connectivity index (χ3v) is 6.10. The van der Waals surface area contributed by atoms with Crippen LogP contribution in [-0.4, -0.2) is 46.0 Å². The molecule has 156 valence electrons. The van der Waals surface area contributed by atoms with Gasteiger partial charge in [0.15, 0.2) is 5.13 Å². The van der Waals surface area contributed by atoms with Crippen molar-refractivity contribution < 1.29 is 14.5 Å². The number of benzene rings is 1. The number of hydrogen-bond acceptors (Lipinski definition) is 10. The quantitative estimate of drug-likeness (QED) is 0.370. The predicted octanol–water partition coefficient (Wildman–Crippen LogP) is 3.44. The molecular weight excluding hydrogens is 408 g/mol. The van der Waals surface area contributed by atoms with Gasteiger partial charge in [-0.05, 0) is 31.4 Å². The standard InChI is InChI=1S/C19H20N6O4S/c1-11-4-3-5-13-14(11)22-19(30-13)23-16-15(25(27)28)17(21-10-20-16)24-8-6-12(7-9-24)18(26)29-2/h3-5,10,12H,6-9H2,1-2H3,(H,20,21,22,23). The monoisotopic (exact) mass is 428 g/mol. The number of ether oxygens (including phenoxy) is 1. The molecule has 4 rings (SSSR count). The van der Waals surface area contributed by atoms with Gasteiger partial charge in [-0.1, -0.05) is 23.5 Å². The number of carbonyl (C=O) groups is 1. The van der Waals surface area contributed by atoms with E-state index in [9.17, 15) is 14.9 Å². The molecule has 1 aliphatic rings. The molecule has 1 aromatic carbocycles. The minimum atomic E-state index is -0.483. The first kappa shape index (κ1) is 20.0. The molecule has 30 heavy (non-hydrogen) atoms. The van der Waals surface area contributed by atoms with Crippen LogP contribution in [0.15, 0.2) is 24.5 Å². The molecule has 0 aliphatic carbocycles. The number of rotatable bonds is 5. The fraction of sp³-hybridized carbons (Fsp3) is 0.368. The second kappa shape index (κ2) is 8.19. The highest BCUT2D eigenvalue weighted by atomic mass is 32.1. The van der Waals surface area contributed by atoms with Crippen molar-refractivity contribution in [2.75, 3.05) is 30.4 Å². The van der Waals surface area contributed by atoms with Crippen LogP contribution in [0.1, 0.15) is 18.4 Å². The maximum Gasteiger partial charge on any atom is 0.353 e. The van der Waals surface area contributed by atoms with E-state index in [1.54, 1.807) is 0 Å². The van der Waals surface area contributed by atoms with E-state index >= 15 is 0 Å². The number of nitrogens with zero attached hydrogens (tertiary/aromatic N) is 5. The fourth-order valence-corrected chi connectivity index (χ4v) is 4.54. The molecule has 0 unspecified atom stereocenters. The van der Waals surface area contributed by atoms with Crippen molar-refractivity contribution in [2.24, 2.45) is 5.92 Å². The van der Waals surface area contributed by atoms with Crippen LogP contribution in [0, 0.1) is 23.0 Å². The van der Waals surface area contributed by atoms with Crippen LogP contribution >= 0.6 is 11.3 Å². The molecule has 2 aromatic heterocycles. The number of methoxy groups -OCH3 is 1. The minimum absolute atomic E-state index is 0.0943. The lowest BCUT2D eigenvalue weighted by molar-refractivity contribution is -0.383. The average Bonchev–Trinajstić information content (AvgIpc) is 3.17. The number of nitrogens with one attached hydrogen (secondary N) is 1. The molecule has 0 amide bonds. The summed E-state index contributed by atoms with van der Waals surface area (Å²) in [6.45, 7) is 2.91. The summed E-state index contributed by atoms with van der Waals surface area (Å²) in [6.07, 6.45) is 2.40. The van der Waals surface area contributed by atoms with Gasteiger partial charge in [-0.25, -0.2) is 15.0 Å². The molecular formula is C19H20N6O4S.